The van der Waals surface area contributed by atoms with Crippen molar-refractivity contribution in [3.63, 3.8) is 0 Å². The number of hydrogen-bond donors (Lipinski definition) is 4. The van der Waals surface area contributed by atoms with Crippen LogP contribution in [0, 0.1) is 6.92 Å². The molecule has 0 aliphatic carbocycles. The largest absolute Gasteiger partial charge is 0.507 e. The molecule has 0 fully saturated rings. The molecule has 13 nitrogen and oxygen atoms in total. The summed E-state index contributed by atoms with van der Waals surface area (Å²) in [7, 11) is -13.4. The van der Waals surface area contributed by atoms with Gasteiger partial charge in [-0.2, -0.15) is 16.8 Å². The smallest absolute Gasteiger partial charge is 0.397 e. The van der Waals surface area contributed by atoms with Gasteiger partial charge in [0, 0.05) is 11.3 Å². The molecule has 0 saturated heterocycles. The molecule has 0 spiro atoms. The fourth-order valence-corrected chi connectivity index (χ4v) is 5.08. The minimum atomic E-state index is -4.83. The van der Waals surface area contributed by atoms with Gasteiger partial charge in [0.15, 0.2) is 9.84 Å². The van der Waals surface area contributed by atoms with E-state index >= 15 is 0 Å². The molecule has 1 heterocycles. The molecule has 0 bridgehead atoms. The van der Waals surface area contributed by atoms with Gasteiger partial charge in [-0.3, -0.25) is 19.0 Å². The quantitative estimate of drug-likeness (QED) is 0.295. The van der Waals surface area contributed by atoms with E-state index in [0.29, 0.717) is 0 Å². The highest BCUT2D eigenvalue weighted by Gasteiger charge is 2.22. The summed E-state index contributed by atoms with van der Waals surface area (Å²) in [6.45, 7) is 0.632. The Labute approximate surface area is 193 Å². The summed E-state index contributed by atoms with van der Waals surface area (Å²) in [5, 5.41) is 13.0. The van der Waals surface area contributed by atoms with Gasteiger partial charge in [-0.15, -0.1) is 0 Å². The van der Waals surface area contributed by atoms with Crippen LogP contribution in [0.15, 0.2) is 57.1 Å². The van der Waals surface area contributed by atoms with E-state index in [4.69, 9.17) is 9.11 Å². The standard InChI is InChI=1S/C18H18N2O11S3/c1-11-17(18(22)20(19-11)12-2-4-13(5-3-12)33(25,26)27)15-10-14(6-7-16(15)21)32(23,24)9-8-31-34(28,29)30/h2-7,10,19,21H,8-9H2,1H3,(H,25,26,27)(H,28,29,30). The SMILES string of the molecule is Cc1[nH]n(-c2ccc(S(=O)(=O)O)cc2)c(=O)c1-c1cc(S(=O)(=O)CCOS(=O)(=O)O)ccc1O. The molecule has 4 N–H and O–H groups in total. The fraction of sp³-hybridized carbons (Fsp3) is 0.167. The maximum absolute atomic E-state index is 13.1. The predicted molar refractivity (Wildman–Crippen MR) is 118 cm³/mol. The van der Waals surface area contributed by atoms with Crippen molar-refractivity contribution in [1.29, 1.82) is 0 Å². The van der Waals surface area contributed by atoms with E-state index in [0.717, 1.165) is 35.0 Å². The highest BCUT2D eigenvalue weighted by molar-refractivity contribution is 7.91. The number of aryl methyl sites for hydroxylation is 1. The van der Waals surface area contributed by atoms with E-state index < -0.39 is 54.0 Å². The number of phenols is 1. The lowest BCUT2D eigenvalue weighted by atomic mass is 10.1. The molecule has 2 aromatic carbocycles. The van der Waals surface area contributed by atoms with Gasteiger partial charge in [0.25, 0.3) is 15.7 Å². The first-order valence-corrected chi connectivity index (χ1v) is 13.6. The number of aromatic nitrogens is 2. The number of rotatable bonds is 8. The van der Waals surface area contributed by atoms with E-state index in [1.54, 1.807) is 0 Å². The van der Waals surface area contributed by atoms with Crippen molar-refractivity contribution in [2.75, 3.05) is 12.4 Å². The van der Waals surface area contributed by atoms with Crippen molar-refractivity contribution in [3.05, 3.63) is 58.5 Å². The van der Waals surface area contributed by atoms with Crippen LogP contribution in [-0.4, -0.2) is 61.6 Å². The van der Waals surface area contributed by atoms with Crippen molar-refractivity contribution in [1.82, 2.24) is 9.78 Å². The molecule has 184 valence electrons. The number of nitrogens with one attached hydrogen (secondary N) is 1. The van der Waals surface area contributed by atoms with Crippen LogP contribution in [0.4, 0.5) is 0 Å². The van der Waals surface area contributed by atoms with E-state index in [9.17, 15) is 35.2 Å². The predicted octanol–water partition coefficient (Wildman–Crippen LogP) is 0.686. The van der Waals surface area contributed by atoms with Gasteiger partial charge in [-0.05, 0) is 49.4 Å². The molecule has 3 rings (SSSR count). The number of hydrogen-bond acceptors (Lipinski definition) is 9. The maximum atomic E-state index is 13.1. The van der Waals surface area contributed by atoms with Gasteiger partial charge in [-0.25, -0.2) is 17.3 Å². The molecule has 3 aromatic rings. The van der Waals surface area contributed by atoms with Crippen molar-refractivity contribution in [2.24, 2.45) is 0 Å². The average molecular weight is 535 g/mol. The number of phenolic OH excluding ortho intramolecular Hbond substituents is 1. The maximum Gasteiger partial charge on any atom is 0.397 e. The zero-order chi connectivity index (χ0) is 25.5. The summed E-state index contributed by atoms with van der Waals surface area (Å²) >= 11 is 0. The van der Waals surface area contributed by atoms with Crippen LogP contribution in [0.3, 0.4) is 0 Å². The number of benzene rings is 2. The van der Waals surface area contributed by atoms with Crippen molar-refractivity contribution in [2.45, 2.75) is 16.7 Å². The third kappa shape index (κ3) is 5.54. The summed E-state index contributed by atoms with van der Waals surface area (Å²) in [6, 6.07) is 7.78. The number of aromatic amines is 1. The average Bonchev–Trinajstić information content (AvgIpc) is 3.00. The molecular formula is C18H18N2O11S3. The van der Waals surface area contributed by atoms with Gasteiger partial charge < -0.3 is 5.11 Å². The summed E-state index contributed by atoms with van der Waals surface area (Å²) < 4.78 is 91.4. The molecule has 1 aromatic heterocycles. The molecule has 0 aliphatic heterocycles. The van der Waals surface area contributed by atoms with Gasteiger partial charge in [0.2, 0.25) is 0 Å². The summed E-state index contributed by atoms with van der Waals surface area (Å²) in [4.78, 5) is 12.3. The van der Waals surface area contributed by atoms with Crippen LogP contribution < -0.4 is 5.56 Å². The molecule has 0 amide bonds. The minimum Gasteiger partial charge on any atom is -0.507 e. The van der Waals surface area contributed by atoms with Crippen LogP contribution in [0.25, 0.3) is 16.8 Å². The highest BCUT2D eigenvalue weighted by Crippen LogP contribution is 2.32. The Morgan fingerprint density at radius 1 is 0.941 bits per heavy atom. The fourth-order valence-electron chi connectivity index (χ4n) is 3.09. The molecule has 0 unspecified atom stereocenters. The normalized spacial score (nSPS) is 12.7. The minimum absolute atomic E-state index is 0.0809. The number of aromatic hydroxyl groups is 1. The Morgan fingerprint density at radius 3 is 2.09 bits per heavy atom. The first-order chi connectivity index (χ1) is 15.6. The molecule has 34 heavy (non-hydrogen) atoms. The van der Waals surface area contributed by atoms with Gasteiger partial charge in [0.05, 0.1) is 33.4 Å². The van der Waals surface area contributed by atoms with Crippen LogP contribution in [0.2, 0.25) is 0 Å². The van der Waals surface area contributed by atoms with Gasteiger partial charge in [-0.1, -0.05) is 0 Å². The second kappa shape index (κ2) is 8.97. The lowest BCUT2D eigenvalue weighted by molar-refractivity contribution is 0.284. The Morgan fingerprint density at radius 2 is 1.53 bits per heavy atom. The monoisotopic (exact) mass is 534 g/mol. The Kier molecular flexibility index (Phi) is 6.75. The summed E-state index contributed by atoms with van der Waals surface area (Å²) in [5.41, 5.74) is -0.483. The third-order valence-corrected chi connectivity index (χ3v) is 7.65. The second-order valence-electron chi connectivity index (χ2n) is 6.97. The molecule has 0 aliphatic rings. The summed E-state index contributed by atoms with van der Waals surface area (Å²) in [5.74, 6) is -1.23. The van der Waals surface area contributed by atoms with E-state index in [-0.39, 0.29) is 32.3 Å². The number of nitrogens with zero attached hydrogens (tertiary/aromatic N) is 1. The Bertz CT molecular complexity index is 1620. The second-order valence-corrected chi connectivity index (χ2v) is 11.6. The Balaban J connectivity index is 2.03. The van der Waals surface area contributed by atoms with Crippen molar-refractivity contribution >= 4 is 30.4 Å². The van der Waals surface area contributed by atoms with E-state index in [1.807, 2.05) is 0 Å². The van der Waals surface area contributed by atoms with E-state index in [2.05, 4.69) is 9.28 Å². The highest BCUT2D eigenvalue weighted by atomic mass is 32.3. The molecule has 0 saturated carbocycles. The molecular weight excluding hydrogens is 516 g/mol. The summed E-state index contributed by atoms with van der Waals surface area (Å²) in [6.07, 6.45) is 0. The zero-order valence-electron chi connectivity index (χ0n) is 17.2. The van der Waals surface area contributed by atoms with Crippen LogP contribution in [-0.2, 0) is 34.5 Å². The first-order valence-electron chi connectivity index (χ1n) is 9.18. The topological polar surface area (TPSA) is 210 Å². The Hall–Kier alpha value is -3.02. The van der Waals surface area contributed by atoms with Crippen molar-refractivity contribution < 1.29 is 43.6 Å². The van der Waals surface area contributed by atoms with E-state index in [1.165, 1.54) is 19.1 Å². The zero-order valence-corrected chi connectivity index (χ0v) is 19.7. The lowest BCUT2D eigenvalue weighted by Crippen LogP contribution is -2.17. The third-order valence-electron chi connectivity index (χ3n) is 4.65. The number of H-pyrrole nitrogens is 1. The number of sulfone groups is 1. The molecule has 0 radical (unpaired) electrons. The van der Waals surface area contributed by atoms with Crippen LogP contribution in [0.1, 0.15) is 5.69 Å². The molecule has 0 atom stereocenters. The van der Waals surface area contributed by atoms with Crippen LogP contribution >= 0.6 is 0 Å². The van der Waals surface area contributed by atoms with Gasteiger partial charge in [0.1, 0.15) is 5.75 Å². The van der Waals surface area contributed by atoms with Crippen LogP contribution in [0.5, 0.6) is 5.75 Å². The molecule has 16 heteroatoms. The first kappa shape index (κ1) is 25.6. The van der Waals surface area contributed by atoms with Crippen molar-refractivity contribution in [3.8, 4) is 22.6 Å². The lowest BCUT2D eigenvalue weighted by Gasteiger charge is -2.08. The van der Waals surface area contributed by atoms with Gasteiger partial charge >= 0.3 is 10.4 Å².